The van der Waals surface area contributed by atoms with Gasteiger partial charge in [0.15, 0.2) is 11.0 Å². The summed E-state index contributed by atoms with van der Waals surface area (Å²) < 4.78 is 20.8. The number of phenolic OH excluding ortho intramolecular Hbond substituents is 1. The van der Waals surface area contributed by atoms with E-state index in [9.17, 15) is 14.1 Å². The zero-order valence-corrected chi connectivity index (χ0v) is 13.5. The molecule has 0 bridgehead atoms. The molecule has 106 valence electrons. The standard InChI is InChI=1S/C12H10BrNO4S2/c1-18-12(16)8-3-2-7(6-9(8)15)14-20(17)11-5-4-10(13)19-11/h2-6,14-15H,1H3. The zero-order valence-electron chi connectivity index (χ0n) is 10.3. The van der Waals surface area contributed by atoms with E-state index in [0.29, 0.717) is 9.90 Å². The van der Waals surface area contributed by atoms with E-state index in [2.05, 4.69) is 25.4 Å². The number of esters is 1. The first kappa shape index (κ1) is 15.0. The van der Waals surface area contributed by atoms with Crippen molar-refractivity contribution in [3.05, 3.63) is 39.7 Å². The summed E-state index contributed by atoms with van der Waals surface area (Å²) in [6.07, 6.45) is 0. The van der Waals surface area contributed by atoms with Crippen LogP contribution < -0.4 is 4.72 Å². The topological polar surface area (TPSA) is 75.6 Å². The number of methoxy groups -OCH3 is 1. The first-order valence-corrected chi connectivity index (χ1v) is 8.12. The molecule has 1 aromatic heterocycles. The molecule has 5 nitrogen and oxygen atoms in total. The summed E-state index contributed by atoms with van der Waals surface area (Å²) in [6.45, 7) is 0. The predicted molar refractivity (Wildman–Crippen MR) is 81.5 cm³/mol. The molecule has 0 aliphatic carbocycles. The summed E-state index contributed by atoms with van der Waals surface area (Å²) in [5.41, 5.74) is 0.501. The lowest BCUT2D eigenvalue weighted by molar-refractivity contribution is 0.0597. The molecule has 0 aliphatic heterocycles. The number of benzene rings is 1. The van der Waals surface area contributed by atoms with Gasteiger partial charge in [-0.25, -0.2) is 9.00 Å². The van der Waals surface area contributed by atoms with Gasteiger partial charge in [-0.1, -0.05) is 0 Å². The van der Waals surface area contributed by atoms with Gasteiger partial charge in [-0.15, -0.1) is 11.3 Å². The summed E-state index contributed by atoms with van der Waals surface area (Å²) in [5, 5.41) is 9.74. The van der Waals surface area contributed by atoms with Crippen LogP contribution in [0.15, 0.2) is 38.3 Å². The van der Waals surface area contributed by atoms with Gasteiger partial charge in [-0.3, -0.25) is 0 Å². The lowest BCUT2D eigenvalue weighted by Gasteiger charge is -2.07. The van der Waals surface area contributed by atoms with E-state index >= 15 is 0 Å². The lowest BCUT2D eigenvalue weighted by atomic mass is 10.2. The highest BCUT2D eigenvalue weighted by molar-refractivity contribution is 9.11. The van der Waals surface area contributed by atoms with E-state index in [1.54, 1.807) is 18.2 Å². The Morgan fingerprint density at radius 3 is 2.70 bits per heavy atom. The maximum atomic E-state index is 12.0. The maximum absolute atomic E-state index is 12.0. The van der Waals surface area contributed by atoms with E-state index in [0.717, 1.165) is 3.79 Å². The van der Waals surface area contributed by atoms with Crippen molar-refractivity contribution < 1.29 is 18.8 Å². The number of anilines is 1. The Hall–Kier alpha value is -1.38. The number of carbonyl (C=O) groups is 1. The Labute approximate surface area is 130 Å². The molecule has 20 heavy (non-hydrogen) atoms. The van der Waals surface area contributed by atoms with Crippen molar-refractivity contribution in [1.29, 1.82) is 0 Å². The number of hydrogen-bond acceptors (Lipinski definition) is 5. The molecule has 8 heteroatoms. The molecule has 0 saturated heterocycles. The molecule has 2 N–H and O–H groups in total. The third-order valence-electron chi connectivity index (χ3n) is 2.34. The first-order chi connectivity index (χ1) is 9.51. The third-order valence-corrected chi connectivity index (χ3v) is 5.39. The van der Waals surface area contributed by atoms with Crippen molar-refractivity contribution in [2.45, 2.75) is 4.21 Å². The van der Waals surface area contributed by atoms with Crippen LogP contribution in [0, 0.1) is 0 Å². The molecule has 1 heterocycles. The largest absolute Gasteiger partial charge is 0.507 e. The fourth-order valence-corrected chi connectivity index (χ4v) is 4.20. The molecule has 1 unspecified atom stereocenters. The van der Waals surface area contributed by atoms with Crippen LogP contribution in [0.2, 0.25) is 0 Å². The highest BCUT2D eigenvalue weighted by Gasteiger charge is 2.13. The molecule has 2 aromatic rings. The highest BCUT2D eigenvalue weighted by Crippen LogP contribution is 2.27. The molecular weight excluding hydrogens is 366 g/mol. The van der Waals surface area contributed by atoms with Gasteiger partial charge in [0.1, 0.15) is 15.5 Å². The minimum atomic E-state index is -1.43. The molecule has 1 atom stereocenters. The fraction of sp³-hybridized carbons (Fsp3) is 0.0833. The van der Waals surface area contributed by atoms with Crippen molar-refractivity contribution >= 4 is 49.9 Å². The summed E-state index contributed by atoms with van der Waals surface area (Å²) in [7, 11) is -0.196. The molecule has 0 spiro atoms. The van der Waals surface area contributed by atoms with E-state index in [4.69, 9.17) is 0 Å². The quantitative estimate of drug-likeness (QED) is 0.804. The Bertz CT molecular complexity index is 671. The van der Waals surface area contributed by atoms with Crippen LogP contribution in [0.3, 0.4) is 0 Å². The molecule has 0 amide bonds. The normalized spacial score (nSPS) is 11.9. The van der Waals surface area contributed by atoms with Gasteiger partial charge >= 0.3 is 5.97 Å². The number of carbonyl (C=O) groups excluding carboxylic acids is 1. The number of phenols is 1. The fourth-order valence-electron chi connectivity index (χ4n) is 1.43. The molecule has 0 saturated carbocycles. The minimum absolute atomic E-state index is 0.0581. The van der Waals surface area contributed by atoms with E-state index in [1.807, 2.05) is 0 Å². The van der Waals surface area contributed by atoms with Gasteiger partial charge in [0.2, 0.25) is 0 Å². The Morgan fingerprint density at radius 2 is 2.15 bits per heavy atom. The van der Waals surface area contributed by atoms with Crippen LogP contribution in [-0.2, 0) is 15.7 Å². The van der Waals surface area contributed by atoms with Gasteiger partial charge in [-0.2, -0.15) is 0 Å². The zero-order chi connectivity index (χ0) is 14.7. The SMILES string of the molecule is COC(=O)c1ccc(NS(=O)c2ccc(Br)s2)cc1O. The number of hydrogen-bond donors (Lipinski definition) is 2. The van der Waals surface area contributed by atoms with Crippen molar-refractivity contribution in [3.63, 3.8) is 0 Å². The minimum Gasteiger partial charge on any atom is -0.507 e. The Balaban J connectivity index is 2.16. The van der Waals surface area contributed by atoms with Crippen LogP contribution in [0.4, 0.5) is 5.69 Å². The lowest BCUT2D eigenvalue weighted by Crippen LogP contribution is -2.05. The summed E-state index contributed by atoms with van der Waals surface area (Å²) in [6, 6.07) is 7.82. The number of halogens is 1. The van der Waals surface area contributed by atoms with Gasteiger partial charge in [0.25, 0.3) is 0 Å². The van der Waals surface area contributed by atoms with E-state index in [-0.39, 0.29) is 11.3 Å². The number of rotatable bonds is 4. The van der Waals surface area contributed by atoms with Crippen LogP contribution in [0.5, 0.6) is 5.75 Å². The summed E-state index contributed by atoms with van der Waals surface area (Å²) in [5.74, 6) is -0.858. The summed E-state index contributed by atoms with van der Waals surface area (Å²) in [4.78, 5) is 11.3. The number of ether oxygens (including phenoxy) is 1. The van der Waals surface area contributed by atoms with Gasteiger partial charge < -0.3 is 14.6 Å². The van der Waals surface area contributed by atoms with Crippen molar-refractivity contribution in [2.75, 3.05) is 11.8 Å². The molecule has 0 aliphatic rings. The molecular formula is C12H10BrNO4S2. The monoisotopic (exact) mass is 375 g/mol. The van der Waals surface area contributed by atoms with Crippen molar-refractivity contribution in [2.24, 2.45) is 0 Å². The predicted octanol–water partition coefficient (Wildman–Crippen LogP) is 3.14. The number of thiophene rings is 1. The molecule has 0 fully saturated rings. The molecule has 0 radical (unpaired) electrons. The van der Waals surface area contributed by atoms with E-state index in [1.165, 1.54) is 30.6 Å². The van der Waals surface area contributed by atoms with Gasteiger partial charge in [-0.05, 0) is 40.2 Å². The second-order valence-electron chi connectivity index (χ2n) is 3.65. The number of nitrogens with one attached hydrogen (secondary N) is 1. The van der Waals surface area contributed by atoms with Gasteiger partial charge in [0, 0.05) is 6.07 Å². The second-order valence-corrected chi connectivity index (χ2v) is 7.56. The summed E-state index contributed by atoms with van der Waals surface area (Å²) >= 11 is 4.64. The average Bonchev–Trinajstić information content (AvgIpc) is 2.85. The van der Waals surface area contributed by atoms with Crippen molar-refractivity contribution in [1.82, 2.24) is 0 Å². The Kier molecular flexibility index (Phi) is 4.79. The van der Waals surface area contributed by atoms with Crippen LogP contribution in [0.1, 0.15) is 10.4 Å². The average molecular weight is 376 g/mol. The van der Waals surface area contributed by atoms with Gasteiger partial charge in [0.05, 0.1) is 16.6 Å². The van der Waals surface area contributed by atoms with Crippen LogP contribution in [0.25, 0.3) is 0 Å². The molecule has 2 rings (SSSR count). The Morgan fingerprint density at radius 1 is 1.40 bits per heavy atom. The maximum Gasteiger partial charge on any atom is 0.341 e. The highest BCUT2D eigenvalue weighted by atomic mass is 79.9. The molecule has 1 aromatic carbocycles. The van der Waals surface area contributed by atoms with Crippen molar-refractivity contribution in [3.8, 4) is 5.75 Å². The first-order valence-electron chi connectivity index (χ1n) is 5.36. The van der Waals surface area contributed by atoms with Crippen LogP contribution in [-0.4, -0.2) is 22.4 Å². The number of aromatic hydroxyl groups is 1. The second kappa shape index (κ2) is 6.38. The third kappa shape index (κ3) is 3.38. The van der Waals surface area contributed by atoms with Crippen LogP contribution >= 0.6 is 27.3 Å². The smallest absolute Gasteiger partial charge is 0.341 e. The van der Waals surface area contributed by atoms with E-state index < -0.39 is 17.0 Å².